The molecule has 0 aliphatic heterocycles. The molecule has 5 nitrogen and oxygen atoms in total. The molecule has 0 aromatic heterocycles. The number of nitroso groups, excluding NO2 is 1. The summed E-state index contributed by atoms with van der Waals surface area (Å²) in [5.74, 6) is 0. The number of hydrogen-bond donors (Lipinski definition) is 0. The van der Waals surface area contributed by atoms with Crippen molar-refractivity contribution in [2.45, 2.75) is 5.54 Å². The van der Waals surface area contributed by atoms with Crippen molar-refractivity contribution in [3.05, 3.63) is 43.4 Å². The summed E-state index contributed by atoms with van der Waals surface area (Å²) in [6.45, 7) is 10.2. The summed E-state index contributed by atoms with van der Waals surface area (Å²) in [5.41, 5.74) is -1.11. The van der Waals surface area contributed by atoms with Crippen LogP contribution < -0.4 is 0 Å². The molecule has 0 N–H and O–H groups in total. The second-order valence-corrected chi connectivity index (χ2v) is 2.75. The molecule has 0 unspecified atom stereocenters. The Morgan fingerprint density at radius 1 is 0.933 bits per heavy atom. The molecule has 0 saturated carbocycles. The van der Waals surface area contributed by atoms with Gasteiger partial charge in [0.15, 0.2) is 0 Å². The Bertz CT molecular complexity index is 196. The molecular formula is C10H15NO4. The lowest BCUT2D eigenvalue weighted by Crippen LogP contribution is -2.41. The van der Waals surface area contributed by atoms with E-state index in [1.54, 1.807) is 0 Å². The van der Waals surface area contributed by atoms with E-state index in [2.05, 4.69) is 24.9 Å². The summed E-state index contributed by atoms with van der Waals surface area (Å²) in [7, 11) is 0. The highest BCUT2D eigenvalue weighted by Crippen LogP contribution is 2.14. The highest BCUT2D eigenvalue weighted by molar-refractivity contribution is 4.89. The zero-order chi connectivity index (χ0) is 11.6. The molecule has 0 bridgehead atoms. The van der Waals surface area contributed by atoms with Crippen LogP contribution in [0.4, 0.5) is 0 Å². The number of nitrogens with zero attached hydrogens (tertiary/aromatic N) is 1. The Hall–Kier alpha value is -1.78. The smallest absolute Gasteiger partial charge is 0.203 e. The van der Waals surface area contributed by atoms with Crippen LogP contribution >= 0.6 is 0 Å². The van der Waals surface area contributed by atoms with Crippen molar-refractivity contribution < 1.29 is 14.2 Å². The van der Waals surface area contributed by atoms with Gasteiger partial charge in [0.05, 0.1) is 18.8 Å². The Kier molecular flexibility index (Phi) is 6.70. The van der Waals surface area contributed by atoms with Gasteiger partial charge in [0.25, 0.3) is 0 Å². The summed E-state index contributed by atoms with van der Waals surface area (Å²) in [4.78, 5) is 10.8. The maximum Gasteiger partial charge on any atom is 0.203 e. The summed E-state index contributed by atoms with van der Waals surface area (Å²) >= 11 is 0. The molecule has 0 aromatic rings. The van der Waals surface area contributed by atoms with Gasteiger partial charge < -0.3 is 14.2 Å². The van der Waals surface area contributed by atoms with Gasteiger partial charge in [-0.05, 0) is 0 Å². The van der Waals surface area contributed by atoms with E-state index in [9.17, 15) is 4.91 Å². The molecule has 0 spiro atoms. The SMILES string of the molecule is C=COCC(COC=C)(COC=C)N=O. The number of ether oxygens (including phenoxy) is 3. The van der Waals surface area contributed by atoms with Crippen LogP contribution in [0.2, 0.25) is 0 Å². The summed E-state index contributed by atoms with van der Waals surface area (Å²) in [5, 5.41) is 2.96. The van der Waals surface area contributed by atoms with Crippen LogP contribution in [0.15, 0.2) is 43.7 Å². The zero-order valence-corrected chi connectivity index (χ0v) is 8.55. The predicted molar refractivity (Wildman–Crippen MR) is 57.0 cm³/mol. The molecule has 0 saturated heterocycles. The Labute approximate surface area is 89.0 Å². The van der Waals surface area contributed by atoms with Gasteiger partial charge in [-0.25, -0.2) is 0 Å². The first-order chi connectivity index (χ1) is 7.24. The lowest BCUT2D eigenvalue weighted by atomic mass is 10.1. The van der Waals surface area contributed by atoms with Gasteiger partial charge in [0, 0.05) is 0 Å². The van der Waals surface area contributed by atoms with Gasteiger partial charge in [-0.2, -0.15) is 0 Å². The van der Waals surface area contributed by atoms with Gasteiger partial charge in [-0.1, -0.05) is 24.9 Å². The lowest BCUT2D eigenvalue weighted by Gasteiger charge is -2.23. The van der Waals surface area contributed by atoms with Crippen LogP contribution in [0, 0.1) is 4.91 Å². The molecule has 0 amide bonds. The monoisotopic (exact) mass is 213 g/mol. The van der Waals surface area contributed by atoms with E-state index in [-0.39, 0.29) is 19.8 Å². The Balaban J connectivity index is 4.41. The van der Waals surface area contributed by atoms with E-state index in [0.717, 1.165) is 0 Å². The fourth-order valence-corrected chi connectivity index (χ4v) is 0.846. The van der Waals surface area contributed by atoms with Crippen LogP contribution in [-0.2, 0) is 14.2 Å². The normalized spacial score (nSPS) is 9.87. The van der Waals surface area contributed by atoms with Crippen LogP contribution in [-0.4, -0.2) is 25.4 Å². The van der Waals surface area contributed by atoms with Gasteiger partial charge >= 0.3 is 0 Å². The van der Waals surface area contributed by atoms with E-state index in [0.29, 0.717) is 0 Å². The average Bonchev–Trinajstić information content (AvgIpc) is 2.29. The molecule has 84 valence electrons. The van der Waals surface area contributed by atoms with Crippen molar-refractivity contribution in [3.63, 3.8) is 0 Å². The largest absolute Gasteiger partial charge is 0.499 e. The third kappa shape index (κ3) is 4.85. The van der Waals surface area contributed by atoms with Gasteiger partial charge in [-0.3, -0.25) is 0 Å². The van der Waals surface area contributed by atoms with Crippen molar-refractivity contribution in [1.82, 2.24) is 0 Å². The van der Waals surface area contributed by atoms with Gasteiger partial charge in [0.1, 0.15) is 19.8 Å². The first-order valence-electron chi connectivity index (χ1n) is 4.26. The minimum atomic E-state index is -1.11. The van der Waals surface area contributed by atoms with Crippen molar-refractivity contribution in [1.29, 1.82) is 0 Å². The molecule has 0 heterocycles. The van der Waals surface area contributed by atoms with Crippen LogP contribution in [0.5, 0.6) is 0 Å². The van der Waals surface area contributed by atoms with Crippen molar-refractivity contribution in [2.24, 2.45) is 5.18 Å². The van der Waals surface area contributed by atoms with Crippen molar-refractivity contribution in [3.8, 4) is 0 Å². The molecule has 0 atom stereocenters. The Morgan fingerprint density at radius 2 is 1.27 bits per heavy atom. The van der Waals surface area contributed by atoms with E-state index < -0.39 is 5.54 Å². The molecule has 5 heteroatoms. The van der Waals surface area contributed by atoms with E-state index in [4.69, 9.17) is 14.2 Å². The maximum absolute atomic E-state index is 10.8. The molecule has 0 aromatic carbocycles. The first-order valence-corrected chi connectivity index (χ1v) is 4.26. The Morgan fingerprint density at radius 3 is 1.47 bits per heavy atom. The van der Waals surface area contributed by atoms with Crippen molar-refractivity contribution in [2.75, 3.05) is 19.8 Å². The fraction of sp³-hybridized carbons (Fsp3) is 0.400. The van der Waals surface area contributed by atoms with E-state index in [1.807, 2.05) is 0 Å². The first kappa shape index (κ1) is 13.2. The fourth-order valence-electron chi connectivity index (χ4n) is 0.846. The lowest BCUT2D eigenvalue weighted by molar-refractivity contribution is 0.0499. The van der Waals surface area contributed by atoms with Crippen LogP contribution in [0.25, 0.3) is 0 Å². The average molecular weight is 213 g/mol. The topological polar surface area (TPSA) is 57.1 Å². The second-order valence-electron chi connectivity index (χ2n) is 2.75. The van der Waals surface area contributed by atoms with Crippen molar-refractivity contribution >= 4 is 0 Å². The minimum Gasteiger partial charge on any atom is -0.499 e. The molecule has 0 rings (SSSR count). The molecule has 15 heavy (non-hydrogen) atoms. The van der Waals surface area contributed by atoms with Gasteiger partial charge in [0.2, 0.25) is 5.54 Å². The molecular weight excluding hydrogens is 198 g/mol. The highest BCUT2D eigenvalue weighted by Gasteiger charge is 2.34. The summed E-state index contributed by atoms with van der Waals surface area (Å²) < 4.78 is 14.8. The van der Waals surface area contributed by atoms with Crippen LogP contribution in [0.1, 0.15) is 0 Å². The third-order valence-electron chi connectivity index (χ3n) is 1.60. The summed E-state index contributed by atoms with van der Waals surface area (Å²) in [6, 6.07) is 0. The summed E-state index contributed by atoms with van der Waals surface area (Å²) in [6.07, 6.45) is 3.67. The zero-order valence-electron chi connectivity index (χ0n) is 8.55. The minimum absolute atomic E-state index is 0.0294. The second kappa shape index (κ2) is 7.61. The third-order valence-corrected chi connectivity index (χ3v) is 1.60. The quantitative estimate of drug-likeness (QED) is 0.411. The van der Waals surface area contributed by atoms with Crippen LogP contribution in [0.3, 0.4) is 0 Å². The highest BCUT2D eigenvalue weighted by atomic mass is 16.5. The van der Waals surface area contributed by atoms with E-state index >= 15 is 0 Å². The predicted octanol–water partition coefficient (Wildman–Crippen LogP) is 1.97. The molecule has 0 fully saturated rings. The number of rotatable bonds is 10. The molecule has 0 aliphatic carbocycles. The van der Waals surface area contributed by atoms with Gasteiger partial charge in [-0.15, -0.1) is 4.91 Å². The molecule has 0 radical (unpaired) electrons. The standard InChI is InChI=1S/C10H15NO4/c1-4-13-7-10(11-12,8-14-5-2)9-15-6-3/h4-6H,1-3,7-9H2. The van der Waals surface area contributed by atoms with E-state index in [1.165, 1.54) is 18.8 Å². The molecule has 0 aliphatic rings. The maximum atomic E-state index is 10.8. The number of hydrogen-bond acceptors (Lipinski definition) is 5.